The van der Waals surface area contributed by atoms with Crippen LogP contribution in [0.25, 0.3) is 0 Å². The van der Waals surface area contributed by atoms with Crippen molar-refractivity contribution < 1.29 is 31.6 Å². The zero-order valence-corrected chi connectivity index (χ0v) is 18.6. The second kappa shape index (κ2) is 9.82. The van der Waals surface area contributed by atoms with E-state index in [1.165, 1.54) is 42.5 Å². The SMILES string of the molecule is Cc1cc(OP(=O)(CN(CC#N)C(=O)C(F)(F)F)Oc2ccc(Cl)c(C)c2)ccc1Cl. The predicted octanol–water partition coefficient (Wildman–Crippen LogP) is 6.13. The van der Waals surface area contributed by atoms with E-state index in [-0.39, 0.29) is 16.4 Å². The molecule has 0 N–H and O–H groups in total. The number of hydrogen-bond acceptors (Lipinski definition) is 5. The smallest absolute Gasteiger partial charge is 0.415 e. The second-order valence-corrected chi connectivity index (χ2v) is 9.10. The quantitative estimate of drug-likeness (QED) is 0.341. The third-order valence-electron chi connectivity index (χ3n) is 3.88. The lowest BCUT2D eigenvalue weighted by molar-refractivity contribution is -0.184. The highest BCUT2D eigenvalue weighted by Crippen LogP contribution is 2.50. The van der Waals surface area contributed by atoms with Gasteiger partial charge in [-0.3, -0.25) is 4.79 Å². The number of halogens is 5. The van der Waals surface area contributed by atoms with Crippen molar-refractivity contribution in [2.24, 2.45) is 0 Å². The molecule has 0 aliphatic rings. The van der Waals surface area contributed by atoms with Gasteiger partial charge in [-0.05, 0) is 61.4 Å². The predicted molar refractivity (Wildman–Crippen MR) is 109 cm³/mol. The van der Waals surface area contributed by atoms with Crippen LogP contribution < -0.4 is 9.05 Å². The van der Waals surface area contributed by atoms with Crippen LogP contribution in [0.2, 0.25) is 10.0 Å². The van der Waals surface area contributed by atoms with E-state index in [0.29, 0.717) is 21.2 Å². The Labute approximate surface area is 186 Å². The maximum absolute atomic E-state index is 13.5. The molecule has 1 amide bonds. The molecule has 166 valence electrons. The number of alkyl halides is 3. The summed E-state index contributed by atoms with van der Waals surface area (Å²) in [6.45, 7) is 2.30. The summed E-state index contributed by atoms with van der Waals surface area (Å²) in [7, 11) is -4.47. The van der Waals surface area contributed by atoms with Crippen molar-refractivity contribution in [1.29, 1.82) is 5.26 Å². The molecule has 12 heteroatoms. The highest BCUT2D eigenvalue weighted by molar-refractivity contribution is 7.54. The number of benzene rings is 2. The Morgan fingerprint density at radius 2 is 1.52 bits per heavy atom. The lowest BCUT2D eigenvalue weighted by Crippen LogP contribution is -2.42. The van der Waals surface area contributed by atoms with Crippen LogP contribution >= 0.6 is 30.8 Å². The van der Waals surface area contributed by atoms with Crippen LogP contribution in [0.1, 0.15) is 11.1 Å². The molecule has 31 heavy (non-hydrogen) atoms. The Hall–Kier alpha value is -2.40. The van der Waals surface area contributed by atoms with Gasteiger partial charge >= 0.3 is 19.7 Å². The maximum atomic E-state index is 13.5. The van der Waals surface area contributed by atoms with E-state index < -0.39 is 32.5 Å². The van der Waals surface area contributed by atoms with E-state index in [2.05, 4.69) is 0 Å². The van der Waals surface area contributed by atoms with E-state index >= 15 is 0 Å². The van der Waals surface area contributed by atoms with Crippen molar-refractivity contribution in [3.63, 3.8) is 0 Å². The van der Waals surface area contributed by atoms with Gasteiger partial charge in [0.1, 0.15) is 24.3 Å². The zero-order valence-electron chi connectivity index (χ0n) is 16.2. The molecular formula is C19H16Cl2F3N2O4P. The van der Waals surface area contributed by atoms with Crippen LogP contribution in [-0.4, -0.2) is 29.8 Å². The van der Waals surface area contributed by atoms with Crippen LogP contribution in [0.3, 0.4) is 0 Å². The molecule has 0 unspecified atom stereocenters. The zero-order chi connectivity index (χ0) is 23.4. The molecule has 6 nitrogen and oxygen atoms in total. The van der Waals surface area contributed by atoms with Gasteiger partial charge in [0.05, 0.1) is 6.07 Å². The van der Waals surface area contributed by atoms with Crippen LogP contribution in [-0.2, 0) is 9.36 Å². The number of rotatable bonds is 7. The average molecular weight is 495 g/mol. The van der Waals surface area contributed by atoms with Crippen molar-refractivity contribution >= 4 is 36.7 Å². The topological polar surface area (TPSA) is 79.6 Å². The number of nitriles is 1. The molecule has 0 aliphatic heterocycles. The first-order valence-electron chi connectivity index (χ1n) is 8.58. The fourth-order valence-electron chi connectivity index (χ4n) is 2.41. The van der Waals surface area contributed by atoms with Gasteiger partial charge in [0, 0.05) is 10.0 Å². The average Bonchev–Trinajstić information content (AvgIpc) is 2.66. The number of aryl methyl sites for hydroxylation is 2. The third-order valence-corrected chi connectivity index (χ3v) is 6.40. The molecule has 2 aromatic carbocycles. The number of amides is 1. The Kier molecular flexibility index (Phi) is 7.87. The lowest BCUT2D eigenvalue weighted by Gasteiger charge is -2.26. The minimum absolute atomic E-state index is 0.00714. The highest BCUT2D eigenvalue weighted by atomic mass is 35.5. The molecule has 0 fully saturated rings. The van der Waals surface area contributed by atoms with Gasteiger partial charge in [0.2, 0.25) is 0 Å². The van der Waals surface area contributed by atoms with Gasteiger partial charge in [-0.15, -0.1) is 0 Å². The summed E-state index contributed by atoms with van der Waals surface area (Å²) in [5, 5.41) is 9.62. The van der Waals surface area contributed by atoms with Gasteiger partial charge in [-0.2, -0.15) is 18.4 Å². The monoisotopic (exact) mass is 494 g/mol. The number of carbonyl (C=O) groups excluding carboxylic acids is 1. The first-order chi connectivity index (χ1) is 14.3. The van der Waals surface area contributed by atoms with Gasteiger partial charge in [-0.1, -0.05) is 23.2 Å². The van der Waals surface area contributed by atoms with Crippen molar-refractivity contribution in [2.75, 3.05) is 12.8 Å². The lowest BCUT2D eigenvalue weighted by atomic mass is 10.2. The molecule has 0 bridgehead atoms. The van der Waals surface area contributed by atoms with Crippen LogP contribution in [0.5, 0.6) is 11.5 Å². The normalized spacial score (nSPS) is 11.5. The summed E-state index contributed by atoms with van der Waals surface area (Å²) in [5.41, 5.74) is 1.10. The molecule has 0 saturated heterocycles. The van der Waals surface area contributed by atoms with E-state index in [1.54, 1.807) is 13.8 Å². The van der Waals surface area contributed by atoms with E-state index in [0.717, 1.165) is 0 Å². The molecule has 2 aromatic rings. The molecule has 0 heterocycles. The fraction of sp³-hybridized carbons (Fsp3) is 0.263. The van der Waals surface area contributed by atoms with Crippen molar-refractivity contribution in [3.8, 4) is 17.6 Å². The Morgan fingerprint density at radius 3 is 1.87 bits per heavy atom. The molecule has 0 spiro atoms. The first-order valence-corrected chi connectivity index (χ1v) is 11.1. The second-order valence-electron chi connectivity index (χ2n) is 6.42. The van der Waals surface area contributed by atoms with E-state index in [1.807, 2.05) is 0 Å². The highest BCUT2D eigenvalue weighted by Gasteiger charge is 2.45. The van der Waals surface area contributed by atoms with Crippen molar-refractivity contribution in [3.05, 3.63) is 57.6 Å². The van der Waals surface area contributed by atoms with Gasteiger partial charge in [0.25, 0.3) is 0 Å². The Balaban J connectivity index is 2.45. The van der Waals surface area contributed by atoms with Crippen LogP contribution in [0.15, 0.2) is 36.4 Å². The number of nitrogens with zero attached hydrogens (tertiary/aromatic N) is 2. The number of hydrogen-bond donors (Lipinski definition) is 0. The molecule has 0 saturated carbocycles. The summed E-state index contributed by atoms with van der Waals surface area (Å²) < 4.78 is 63.2. The van der Waals surface area contributed by atoms with Crippen LogP contribution in [0.4, 0.5) is 13.2 Å². The van der Waals surface area contributed by atoms with Gasteiger partial charge in [-0.25, -0.2) is 4.57 Å². The summed E-state index contributed by atoms with van der Waals surface area (Å²) >= 11 is 11.9. The van der Waals surface area contributed by atoms with Crippen molar-refractivity contribution in [2.45, 2.75) is 20.0 Å². The van der Waals surface area contributed by atoms with Crippen molar-refractivity contribution in [1.82, 2.24) is 4.90 Å². The Bertz CT molecular complexity index is 1020. The molecule has 0 aromatic heterocycles. The largest absolute Gasteiger partial charge is 0.471 e. The summed E-state index contributed by atoms with van der Waals surface area (Å²) in [6.07, 6.45) is -6.41. The Morgan fingerprint density at radius 1 is 1.06 bits per heavy atom. The summed E-state index contributed by atoms with van der Waals surface area (Å²) in [5.74, 6) is -2.36. The molecule has 0 atom stereocenters. The minimum atomic E-state index is -5.28. The minimum Gasteiger partial charge on any atom is -0.415 e. The van der Waals surface area contributed by atoms with E-state index in [4.69, 9.17) is 37.5 Å². The molecule has 0 radical (unpaired) electrons. The first kappa shape index (κ1) is 24.9. The van der Waals surface area contributed by atoms with Gasteiger partial charge < -0.3 is 13.9 Å². The number of carbonyl (C=O) groups is 1. The molecular weight excluding hydrogens is 479 g/mol. The molecule has 2 rings (SSSR count). The third kappa shape index (κ3) is 6.79. The standard InChI is InChI=1S/C19H16Cl2F3N2O4P/c1-12-9-14(3-5-16(12)20)29-31(28,30-15-4-6-17(21)13(2)10-15)11-26(8-7-25)18(27)19(22,23)24/h3-6,9-10H,8,11H2,1-2H3. The van der Waals surface area contributed by atoms with Gasteiger partial charge in [0.15, 0.2) is 0 Å². The molecule has 0 aliphatic carbocycles. The van der Waals surface area contributed by atoms with E-state index in [9.17, 15) is 22.5 Å². The summed E-state index contributed by atoms with van der Waals surface area (Å²) in [6, 6.07) is 9.83. The van der Waals surface area contributed by atoms with Crippen LogP contribution in [0, 0.1) is 25.2 Å². The maximum Gasteiger partial charge on any atom is 0.471 e. The summed E-state index contributed by atoms with van der Waals surface area (Å²) in [4.78, 5) is 11.8. The fourth-order valence-corrected chi connectivity index (χ4v) is 4.31.